The van der Waals surface area contributed by atoms with Gasteiger partial charge in [0.2, 0.25) is 5.91 Å². The Morgan fingerprint density at radius 3 is 2.61 bits per heavy atom. The molecule has 124 valence electrons. The van der Waals surface area contributed by atoms with E-state index >= 15 is 0 Å². The highest BCUT2D eigenvalue weighted by molar-refractivity contribution is 5.82. The lowest BCUT2D eigenvalue weighted by Gasteiger charge is -2.39. The number of ether oxygens (including phenoxy) is 2. The zero-order valence-corrected chi connectivity index (χ0v) is 13.5. The molecule has 1 spiro atoms. The molecule has 0 aliphatic carbocycles. The van der Waals surface area contributed by atoms with Crippen molar-refractivity contribution in [3.8, 4) is 0 Å². The molecule has 0 saturated carbocycles. The van der Waals surface area contributed by atoms with E-state index in [1.54, 1.807) is 0 Å². The van der Waals surface area contributed by atoms with Gasteiger partial charge in [-0.15, -0.1) is 0 Å². The second kappa shape index (κ2) is 6.13. The number of carbonyl (C=O) groups excluding carboxylic acids is 1. The maximum atomic E-state index is 12.7. The summed E-state index contributed by atoms with van der Waals surface area (Å²) >= 11 is 0. The van der Waals surface area contributed by atoms with Crippen LogP contribution in [0.4, 0.5) is 5.69 Å². The molecule has 1 amide bonds. The van der Waals surface area contributed by atoms with Crippen LogP contribution in [0.3, 0.4) is 0 Å². The Morgan fingerprint density at radius 2 is 1.83 bits per heavy atom. The van der Waals surface area contributed by atoms with Crippen molar-refractivity contribution in [2.75, 3.05) is 44.3 Å². The van der Waals surface area contributed by atoms with Gasteiger partial charge in [-0.2, -0.15) is 0 Å². The predicted molar refractivity (Wildman–Crippen MR) is 87.4 cm³/mol. The van der Waals surface area contributed by atoms with Gasteiger partial charge >= 0.3 is 0 Å². The van der Waals surface area contributed by atoms with Crippen LogP contribution in [0.25, 0.3) is 0 Å². The summed E-state index contributed by atoms with van der Waals surface area (Å²) in [6.45, 7) is 4.26. The molecule has 1 aromatic carbocycles. The van der Waals surface area contributed by atoms with Gasteiger partial charge in [-0.05, 0) is 24.5 Å². The third-order valence-corrected chi connectivity index (χ3v) is 5.22. The normalized spacial score (nSPS) is 23.1. The number of hydrogen-bond acceptors (Lipinski definition) is 4. The van der Waals surface area contributed by atoms with Gasteiger partial charge in [0.1, 0.15) is 0 Å². The summed E-state index contributed by atoms with van der Waals surface area (Å²) in [4.78, 5) is 16.9. The van der Waals surface area contributed by atoms with Crippen molar-refractivity contribution in [3.05, 3.63) is 29.8 Å². The van der Waals surface area contributed by atoms with E-state index in [0.717, 1.165) is 45.3 Å². The Bertz CT molecular complexity index is 573. The molecule has 3 aliphatic rings. The van der Waals surface area contributed by atoms with Crippen LogP contribution in [0, 0.1) is 0 Å². The van der Waals surface area contributed by atoms with Crippen molar-refractivity contribution in [3.63, 3.8) is 0 Å². The first-order chi connectivity index (χ1) is 11.3. The lowest BCUT2D eigenvalue weighted by molar-refractivity contribution is -0.187. The summed E-state index contributed by atoms with van der Waals surface area (Å²) in [5.41, 5.74) is 2.58. The number of amides is 1. The zero-order chi connectivity index (χ0) is 15.7. The Kier molecular flexibility index (Phi) is 3.99. The molecule has 2 fully saturated rings. The highest BCUT2D eigenvalue weighted by atomic mass is 16.7. The molecule has 0 aromatic heterocycles. The zero-order valence-electron chi connectivity index (χ0n) is 13.5. The summed E-state index contributed by atoms with van der Waals surface area (Å²) in [7, 11) is 0. The SMILES string of the molecule is O=C(CN1CCCc2ccccc21)N1CCC2(CC1)OCCO2. The number of hydrogen-bond donors (Lipinski definition) is 0. The Labute approximate surface area is 137 Å². The molecule has 0 unspecified atom stereocenters. The van der Waals surface area contributed by atoms with Gasteiger partial charge in [0.15, 0.2) is 5.79 Å². The van der Waals surface area contributed by atoms with Crippen LogP contribution in [0.15, 0.2) is 24.3 Å². The summed E-state index contributed by atoms with van der Waals surface area (Å²) in [5.74, 6) is -0.191. The fraction of sp³-hybridized carbons (Fsp3) is 0.611. The van der Waals surface area contributed by atoms with Crippen LogP contribution < -0.4 is 4.90 Å². The lowest BCUT2D eigenvalue weighted by Crippen LogP contribution is -2.50. The number of fused-ring (bicyclic) bond motifs is 1. The molecular formula is C18H24N2O3. The van der Waals surface area contributed by atoms with Gasteiger partial charge in [0.05, 0.1) is 19.8 Å². The molecule has 0 radical (unpaired) electrons. The van der Waals surface area contributed by atoms with E-state index in [2.05, 4.69) is 29.2 Å². The second-order valence-corrected chi connectivity index (χ2v) is 6.64. The predicted octanol–water partition coefficient (Wildman–Crippen LogP) is 1.80. The molecule has 0 N–H and O–H groups in total. The third-order valence-electron chi connectivity index (χ3n) is 5.22. The minimum absolute atomic E-state index is 0.217. The quantitative estimate of drug-likeness (QED) is 0.834. The van der Waals surface area contributed by atoms with E-state index in [9.17, 15) is 4.79 Å². The van der Waals surface area contributed by atoms with Crippen molar-refractivity contribution < 1.29 is 14.3 Å². The third kappa shape index (κ3) is 2.95. The van der Waals surface area contributed by atoms with Crippen LogP contribution in [-0.4, -0.2) is 56.0 Å². The topological polar surface area (TPSA) is 42.0 Å². The Morgan fingerprint density at radius 1 is 1.09 bits per heavy atom. The van der Waals surface area contributed by atoms with Crippen molar-refractivity contribution in [1.82, 2.24) is 4.90 Å². The van der Waals surface area contributed by atoms with Gasteiger partial charge in [-0.25, -0.2) is 0 Å². The van der Waals surface area contributed by atoms with E-state index < -0.39 is 5.79 Å². The van der Waals surface area contributed by atoms with Crippen LogP contribution in [0.1, 0.15) is 24.8 Å². The largest absolute Gasteiger partial charge is 0.362 e. The van der Waals surface area contributed by atoms with Crippen molar-refractivity contribution in [1.29, 1.82) is 0 Å². The minimum Gasteiger partial charge on any atom is -0.362 e. The lowest BCUT2D eigenvalue weighted by atomic mass is 10.0. The maximum Gasteiger partial charge on any atom is 0.242 e. The number of anilines is 1. The first-order valence-corrected chi connectivity index (χ1v) is 8.64. The minimum atomic E-state index is -0.408. The highest BCUT2D eigenvalue weighted by Gasteiger charge is 2.40. The fourth-order valence-corrected chi connectivity index (χ4v) is 3.92. The number of para-hydroxylation sites is 1. The van der Waals surface area contributed by atoms with E-state index in [4.69, 9.17) is 9.47 Å². The van der Waals surface area contributed by atoms with E-state index in [-0.39, 0.29) is 5.91 Å². The van der Waals surface area contributed by atoms with Crippen LogP contribution >= 0.6 is 0 Å². The highest BCUT2D eigenvalue weighted by Crippen LogP contribution is 2.32. The molecule has 3 aliphatic heterocycles. The van der Waals surface area contributed by atoms with Crippen LogP contribution in [0.2, 0.25) is 0 Å². The monoisotopic (exact) mass is 316 g/mol. The summed E-state index contributed by atoms with van der Waals surface area (Å²) < 4.78 is 11.5. The number of piperidine rings is 1. The summed E-state index contributed by atoms with van der Waals surface area (Å²) in [6, 6.07) is 8.44. The van der Waals surface area contributed by atoms with E-state index in [1.807, 2.05) is 4.90 Å². The number of carbonyl (C=O) groups is 1. The molecule has 5 nitrogen and oxygen atoms in total. The number of rotatable bonds is 2. The average molecular weight is 316 g/mol. The summed E-state index contributed by atoms with van der Waals surface area (Å²) in [5, 5.41) is 0. The van der Waals surface area contributed by atoms with Crippen molar-refractivity contribution in [2.24, 2.45) is 0 Å². The smallest absolute Gasteiger partial charge is 0.242 e. The van der Waals surface area contributed by atoms with E-state index in [0.29, 0.717) is 19.8 Å². The molecule has 23 heavy (non-hydrogen) atoms. The number of nitrogens with zero attached hydrogens (tertiary/aromatic N) is 2. The second-order valence-electron chi connectivity index (χ2n) is 6.64. The van der Waals surface area contributed by atoms with Crippen molar-refractivity contribution in [2.45, 2.75) is 31.5 Å². The van der Waals surface area contributed by atoms with Crippen LogP contribution in [-0.2, 0) is 20.7 Å². The standard InChI is InChI=1S/C18H24N2O3/c21-17(19-10-7-18(8-11-19)22-12-13-23-18)14-20-9-3-5-15-4-1-2-6-16(15)20/h1-2,4,6H,3,5,7-14H2. The number of likely N-dealkylation sites (tertiary alicyclic amines) is 1. The number of aryl methyl sites for hydroxylation is 1. The Balaban J connectivity index is 1.38. The van der Waals surface area contributed by atoms with Gasteiger partial charge in [0.25, 0.3) is 0 Å². The maximum absolute atomic E-state index is 12.7. The molecule has 5 heteroatoms. The van der Waals surface area contributed by atoms with Crippen LogP contribution in [0.5, 0.6) is 0 Å². The molecular weight excluding hydrogens is 292 g/mol. The molecule has 0 bridgehead atoms. The van der Waals surface area contributed by atoms with Gasteiger partial charge in [0, 0.05) is 38.2 Å². The number of benzene rings is 1. The van der Waals surface area contributed by atoms with Gasteiger partial charge in [-0.3, -0.25) is 4.79 Å². The first kappa shape index (κ1) is 15.0. The Hall–Kier alpha value is -1.59. The van der Waals surface area contributed by atoms with Gasteiger partial charge in [-0.1, -0.05) is 18.2 Å². The molecule has 3 heterocycles. The van der Waals surface area contributed by atoms with E-state index in [1.165, 1.54) is 11.3 Å². The molecule has 1 aromatic rings. The van der Waals surface area contributed by atoms with Gasteiger partial charge < -0.3 is 19.3 Å². The van der Waals surface area contributed by atoms with Crippen molar-refractivity contribution >= 4 is 11.6 Å². The average Bonchev–Trinajstić information content (AvgIpc) is 3.04. The molecule has 4 rings (SSSR count). The first-order valence-electron chi connectivity index (χ1n) is 8.64. The fourth-order valence-electron chi connectivity index (χ4n) is 3.92. The summed E-state index contributed by atoms with van der Waals surface area (Å²) in [6.07, 6.45) is 3.81. The molecule has 0 atom stereocenters. The molecule has 2 saturated heterocycles.